The van der Waals surface area contributed by atoms with Gasteiger partial charge in [-0.1, -0.05) is 42.2 Å². The van der Waals surface area contributed by atoms with Gasteiger partial charge in [0.2, 0.25) is 21.1 Å². The molecule has 1 aromatic heterocycles. The molecule has 0 aliphatic carbocycles. The highest BCUT2D eigenvalue weighted by atomic mass is 32.2. The van der Waals surface area contributed by atoms with E-state index in [2.05, 4.69) is 22.4 Å². The molecule has 1 aliphatic rings. The fourth-order valence-corrected chi connectivity index (χ4v) is 6.24. The van der Waals surface area contributed by atoms with Crippen LogP contribution in [0.1, 0.15) is 31.7 Å². The number of thioether (sulfide) groups is 1. The lowest BCUT2D eigenvalue weighted by Gasteiger charge is -2.30. The number of halogens is 1. The smallest absolute Gasteiger partial charge is 0.229 e. The van der Waals surface area contributed by atoms with Gasteiger partial charge in [0.1, 0.15) is 5.82 Å². The Balaban J connectivity index is 1.50. The second-order valence-corrected chi connectivity index (χ2v) is 11.1. The van der Waals surface area contributed by atoms with Gasteiger partial charge in [-0.15, -0.1) is 10.2 Å². The molecule has 7 nitrogen and oxygen atoms in total. The minimum atomic E-state index is -3.51. The van der Waals surface area contributed by atoms with Gasteiger partial charge in [0.15, 0.2) is 4.34 Å². The lowest BCUT2D eigenvalue weighted by atomic mass is 9.97. The van der Waals surface area contributed by atoms with E-state index in [0.717, 1.165) is 16.5 Å². The van der Waals surface area contributed by atoms with Gasteiger partial charge in [0, 0.05) is 24.8 Å². The normalized spacial score (nSPS) is 16.1. The molecule has 0 unspecified atom stereocenters. The monoisotopic (exact) mass is 458 g/mol. The number of hydrogen-bond donors (Lipinski definition) is 1. The minimum absolute atomic E-state index is 0.149. The number of hydrogen-bond acceptors (Lipinski definition) is 7. The summed E-state index contributed by atoms with van der Waals surface area (Å²) in [5.41, 5.74) is 0.541. The van der Waals surface area contributed by atoms with E-state index < -0.39 is 15.8 Å². The number of nitrogens with zero attached hydrogens (tertiary/aromatic N) is 3. The van der Waals surface area contributed by atoms with Crippen molar-refractivity contribution in [2.75, 3.05) is 24.2 Å². The van der Waals surface area contributed by atoms with Crippen LogP contribution < -0.4 is 5.32 Å². The molecule has 1 aliphatic heterocycles. The number of rotatable bonds is 8. The number of carbonyl (C=O) groups excluding carboxylic acids is 1. The molecule has 2 heterocycles. The molecule has 1 aromatic carbocycles. The molecular weight excluding hydrogens is 435 g/mol. The van der Waals surface area contributed by atoms with Crippen molar-refractivity contribution in [3.8, 4) is 0 Å². The first-order valence-corrected chi connectivity index (χ1v) is 12.8. The molecule has 1 amide bonds. The topological polar surface area (TPSA) is 92.3 Å². The Morgan fingerprint density at radius 2 is 1.97 bits per heavy atom. The predicted molar refractivity (Wildman–Crippen MR) is 113 cm³/mol. The van der Waals surface area contributed by atoms with Gasteiger partial charge in [-0.2, -0.15) is 0 Å². The van der Waals surface area contributed by atoms with Crippen molar-refractivity contribution in [1.29, 1.82) is 0 Å². The Labute approximate surface area is 178 Å². The summed E-state index contributed by atoms with van der Waals surface area (Å²) in [6.45, 7) is 2.66. The zero-order valence-corrected chi connectivity index (χ0v) is 18.5. The number of anilines is 1. The molecule has 0 atom stereocenters. The van der Waals surface area contributed by atoms with Crippen LogP contribution in [0.15, 0.2) is 28.6 Å². The highest BCUT2D eigenvalue weighted by Gasteiger charge is 2.31. The summed E-state index contributed by atoms with van der Waals surface area (Å²) in [7, 11) is -3.51. The molecule has 1 N–H and O–H groups in total. The largest absolute Gasteiger partial charge is 0.300 e. The van der Waals surface area contributed by atoms with Gasteiger partial charge in [-0.3, -0.25) is 4.79 Å². The SMILES string of the molecule is CCCSc1nnc(NC(=O)C2CCN(S(=O)(=O)Cc3ccc(F)cc3)CC2)s1. The number of piperidine rings is 1. The van der Waals surface area contributed by atoms with E-state index in [1.165, 1.54) is 39.9 Å². The average molecular weight is 459 g/mol. The van der Waals surface area contributed by atoms with Crippen LogP contribution in [0.2, 0.25) is 0 Å². The molecule has 11 heteroatoms. The second-order valence-electron chi connectivity index (χ2n) is 6.77. The first-order valence-electron chi connectivity index (χ1n) is 9.37. The van der Waals surface area contributed by atoms with Crippen LogP contribution in [0.4, 0.5) is 9.52 Å². The summed E-state index contributed by atoms with van der Waals surface area (Å²) in [6, 6.07) is 5.45. The zero-order chi connectivity index (χ0) is 20.9. The van der Waals surface area contributed by atoms with Crippen molar-refractivity contribution in [1.82, 2.24) is 14.5 Å². The highest BCUT2D eigenvalue weighted by molar-refractivity contribution is 8.01. The van der Waals surface area contributed by atoms with E-state index in [0.29, 0.717) is 23.5 Å². The summed E-state index contributed by atoms with van der Waals surface area (Å²) in [6.07, 6.45) is 1.93. The van der Waals surface area contributed by atoms with Gasteiger partial charge < -0.3 is 5.32 Å². The maximum absolute atomic E-state index is 13.0. The standard InChI is InChI=1S/C18H23FN4O3S3/c1-2-11-27-18-22-21-17(28-18)20-16(24)14-7-9-23(10-8-14)29(25,26)12-13-3-5-15(19)6-4-13/h3-6,14H,2,7-12H2,1H3,(H,20,21,24). The zero-order valence-electron chi connectivity index (χ0n) is 16.0. The van der Waals surface area contributed by atoms with Gasteiger partial charge in [0.05, 0.1) is 5.75 Å². The number of aromatic nitrogens is 2. The van der Waals surface area contributed by atoms with E-state index in [9.17, 15) is 17.6 Å². The second kappa shape index (κ2) is 9.96. The molecule has 1 fully saturated rings. The number of carbonyl (C=O) groups is 1. The Hall–Kier alpha value is -1.56. The third-order valence-electron chi connectivity index (χ3n) is 4.55. The molecule has 0 radical (unpaired) electrons. The summed E-state index contributed by atoms with van der Waals surface area (Å²) < 4.78 is 40.4. The molecule has 158 valence electrons. The molecule has 3 rings (SSSR count). The van der Waals surface area contributed by atoms with E-state index in [1.54, 1.807) is 11.8 Å². The first kappa shape index (κ1) is 22.1. The van der Waals surface area contributed by atoms with Crippen molar-refractivity contribution < 1.29 is 17.6 Å². The lowest BCUT2D eigenvalue weighted by molar-refractivity contribution is -0.120. The van der Waals surface area contributed by atoms with Crippen LogP contribution in [-0.2, 0) is 20.6 Å². The molecule has 0 saturated carbocycles. The van der Waals surface area contributed by atoms with Crippen molar-refractivity contribution >= 4 is 44.2 Å². The maximum Gasteiger partial charge on any atom is 0.229 e. The van der Waals surface area contributed by atoms with Gasteiger partial charge in [0.25, 0.3) is 0 Å². The predicted octanol–water partition coefficient (Wildman–Crippen LogP) is 3.36. The molecule has 0 bridgehead atoms. The van der Waals surface area contributed by atoms with E-state index >= 15 is 0 Å². The molecule has 1 saturated heterocycles. The van der Waals surface area contributed by atoms with Crippen LogP contribution in [0.25, 0.3) is 0 Å². The van der Waals surface area contributed by atoms with E-state index in [4.69, 9.17) is 0 Å². The van der Waals surface area contributed by atoms with Crippen LogP contribution in [-0.4, -0.2) is 47.7 Å². The van der Waals surface area contributed by atoms with E-state index in [-0.39, 0.29) is 30.7 Å². The number of nitrogens with one attached hydrogen (secondary N) is 1. The van der Waals surface area contributed by atoms with Gasteiger partial charge in [-0.25, -0.2) is 17.1 Å². The third kappa shape index (κ3) is 6.21. The van der Waals surface area contributed by atoms with Crippen LogP contribution in [0.3, 0.4) is 0 Å². The van der Waals surface area contributed by atoms with Crippen LogP contribution in [0.5, 0.6) is 0 Å². The Morgan fingerprint density at radius 1 is 1.28 bits per heavy atom. The van der Waals surface area contributed by atoms with E-state index in [1.807, 2.05) is 0 Å². The molecule has 0 spiro atoms. The van der Waals surface area contributed by atoms with Crippen molar-refractivity contribution in [3.63, 3.8) is 0 Å². The molecular formula is C18H23FN4O3S3. The van der Waals surface area contributed by atoms with Crippen molar-refractivity contribution in [2.45, 2.75) is 36.3 Å². The molecule has 29 heavy (non-hydrogen) atoms. The maximum atomic E-state index is 13.0. The summed E-state index contributed by atoms with van der Waals surface area (Å²) in [5.74, 6) is -0.0308. The Bertz CT molecular complexity index is 926. The highest BCUT2D eigenvalue weighted by Crippen LogP contribution is 2.27. The number of sulfonamides is 1. The van der Waals surface area contributed by atoms with Crippen LogP contribution in [0, 0.1) is 11.7 Å². The number of amides is 1. The summed E-state index contributed by atoms with van der Waals surface area (Å²) in [5, 5.41) is 11.3. The van der Waals surface area contributed by atoms with Crippen LogP contribution >= 0.6 is 23.1 Å². The molecule has 2 aromatic rings. The minimum Gasteiger partial charge on any atom is -0.300 e. The fourth-order valence-electron chi connectivity index (χ4n) is 2.99. The van der Waals surface area contributed by atoms with Gasteiger partial charge >= 0.3 is 0 Å². The summed E-state index contributed by atoms with van der Waals surface area (Å²) >= 11 is 2.96. The quantitative estimate of drug-likeness (QED) is 0.482. The Kier molecular flexibility index (Phi) is 7.60. The Morgan fingerprint density at radius 3 is 2.62 bits per heavy atom. The first-order chi connectivity index (χ1) is 13.9. The summed E-state index contributed by atoms with van der Waals surface area (Å²) in [4.78, 5) is 12.5. The van der Waals surface area contributed by atoms with Crippen molar-refractivity contribution in [3.05, 3.63) is 35.6 Å². The lowest BCUT2D eigenvalue weighted by Crippen LogP contribution is -2.41. The number of benzene rings is 1. The van der Waals surface area contributed by atoms with Gasteiger partial charge in [-0.05, 0) is 37.0 Å². The fraction of sp³-hybridized carbons (Fsp3) is 0.500. The van der Waals surface area contributed by atoms with Crippen molar-refractivity contribution in [2.24, 2.45) is 5.92 Å². The average Bonchev–Trinajstić information content (AvgIpc) is 3.15. The third-order valence-corrected chi connectivity index (χ3v) is 8.57.